The summed E-state index contributed by atoms with van der Waals surface area (Å²) in [7, 11) is 0. The van der Waals surface area contributed by atoms with Crippen LogP contribution in [0.25, 0.3) is 27.8 Å². The van der Waals surface area contributed by atoms with E-state index in [1.807, 2.05) is 89.5 Å². The van der Waals surface area contributed by atoms with Crippen LogP contribution in [-0.2, 0) is 0 Å². The Kier molecular flexibility index (Phi) is 5.11. The van der Waals surface area contributed by atoms with Gasteiger partial charge in [0.15, 0.2) is 11.5 Å². The Labute approximate surface area is 186 Å². The molecule has 0 bridgehead atoms. The average Bonchev–Trinajstić information content (AvgIpc) is 3.26. The molecule has 1 amide bonds. The van der Waals surface area contributed by atoms with Crippen LogP contribution in [0.2, 0.25) is 0 Å². The Morgan fingerprint density at radius 1 is 0.906 bits per heavy atom. The van der Waals surface area contributed by atoms with Crippen molar-refractivity contribution in [1.29, 1.82) is 0 Å². The van der Waals surface area contributed by atoms with Gasteiger partial charge < -0.3 is 5.32 Å². The second-order valence-electron chi connectivity index (χ2n) is 8.12. The third kappa shape index (κ3) is 3.60. The lowest BCUT2D eigenvalue weighted by Crippen LogP contribution is -2.33. The highest BCUT2D eigenvalue weighted by atomic mass is 16.1. The summed E-state index contributed by atoms with van der Waals surface area (Å²) in [5.41, 5.74) is 3.87. The number of carbonyl (C=O) groups is 1. The molecule has 5 aromatic rings. The van der Waals surface area contributed by atoms with Crippen LogP contribution in [0.15, 0.2) is 85.1 Å². The van der Waals surface area contributed by atoms with Crippen molar-refractivity contribution in [2.75, 3.05) is 0 Å². The lowest BCUT2D eigenvalue weighted by atomic mass is 10.0. The predicted molar refractivity (Wildman–Crippen MR) is 125 cm³/mol. The van der Waals surface area contributed by atoms with Crippen molar-refractivity contribution in [2.24, 2.45) is 5.92 Å². The second-order valence-corrected chi connectivity index (χ2v) is 8.12. The summed E-state index contributed by atoms with van der Waals surface area (Å²) in [4.78, 5) is 18.4. The van der Waals surface area contributed by atoms with Gasteiger partial charge >= 0.3 is 0 Å². The Morgan fingerprint density at radius 3 is 2.47 bits per heavy atom. The van der Waals surface area contributed by atoms with Crippen LogP contribution in [-0.4, -0.2) is 25.5 Å². The summed E-state index contributed by atoms with van der Waals surface area (Å²) >= 11 is 0. The molecule has 0 aliphatic heterocycles. The van der Waals surface area contributed by atoms with Crippen molar-refractivity contribution in [3.05, 3.63) is 96.4 Å². The Hall–Kier alpha value is -4.06. The zero-order valence-electron chi connectivity index (χ0n) is 17.9. The molecule has 0 fully saturated rings. The summed E-state index contributed by atoms with van der Waals surface area (Å²) < 4.78 is 1.92. The first-order valence-electron chi connectivity index (χ1n) is 10.7. The minimum absolute atomic E-state index is 0.119. The Morgan fingerprint density at radius 2 is 1.66 bits per heavy atom. The zero-order chi connectivity index (χ0) is 22.1. The molecule has 0 unspecified atom stereocenters. The molecule has 3 aromatic heterocycles. The molecule has 1 atom stereocenters. The van der Waals surface area contributed by atoms with Gasteiger partial charge in [0.25, 0.3) is 5.91 Å². The van der Waals surface area contributed by atoms with E-state index in [1.165, 1.54) is 0 Å². The highest BCUT2D eigenvalue weighted by molar-refractivity contribution is 6.07. The maximum atomic E-state index is 13.6. The van der Waals surface area contributed by atoms with Crippen molar-refractivity contribution in [3.8, 4) is 11.3 Å². The molecule has 6 heteroatoms. The monoisotopic (exact) mass is 421 g/mol. The number of pyridine rings is 2. The number of nitrogens with one attached hydrogen (secondary N) is 1. The number of para-hydroxylation sites is 1. The first kappa shape index (κ1) is 19.9. The van der Waals surface area contributed by atoms with E-state index in [4.69, 9.17) is 4.98 Å². The molecule has 1 N–H and O–H groups in total. The predicted octanol–water partition coefficient (Wildman–Crippen LogP) is 5.07. The molecule has 0 spiro atoms. The molecule has 0 aliphatic rings. The fourth-order valence-corrected chi connectivity index (χ4v) is 3.94. The average molecular weight is 422 g/mol. The lowest BCUT2D eigenvalue weighted by Gasteiger charge is -2.21. The number of carbonyl (C=O) groups excluding carboxylic acids is 1. The Balaban J connectivity index is 1.58. The SMILES string of the molecule is CC(C)[C@@H](NC(=O)c1cc(-c2ccccc2)nc2ccccc12)c1nnc2ccccn12. The van der Waals surface area contributed by atoms with Crippen LogP contribution >= 0.6 is 0 Å². The highest BCUT2D eigenvalue weighted by Gasteiger charge is 2.25. The number of aromatic nitrogens is 4. The minimum atomic E-state index is -0.299. The Bertz CT molecular complexity index is 1410. The molecule has 3 heterocycles. The van der Waals surface area contributed by atoms with E-state index < -0.39 is 0 Å². The van der Waals surface area contributed by atoms with Gasteiger partial charge in [-0.05, 0) is 30.2 Å². The molecule has 0 saturated carbocycles. The molecular weight excluding hydrogens is 398 g/mol. The summed E-state index contributed by atoms with van der Waals surface area (Å²) in [6.07, 6.45) is 1.92. The van der Waals surface area contributed by atoms with Crippen LogP contribution in [0.4, 0.5) is 0 Å². The quantitative estimate of drug-likeness (QED) is 0.430. The van der Waals surface area contributed by atoms with E-state index in [0.717, 1.165) is 27.8 Å². The van der Waals surface area contributed by atoms with E-state index in [0.29, 0.717) is 11.4 Å². The number of fused-ring (bicyclic) bond motifs is 2. The van der Waals surface area contributed by atoms with Gasteiger partial charge in [-0.3, -0.25) is 9.20 Å². The largest absolute Gasteiger partial charge is 0.342 e. The zero-order valence-corrected chi connectivity index (χ0v) is 17.9. The van der Waals surface area contributed by atoms with Crippen LogP contribution in [0.1, 0.15) is 36.1 Å². The number of nitrogens with zero attached hydrogens (tertiary/aromatic N) is 4. The lowest BCUT2D eigenvalue weighted by molar-refractivity contribution is 0.0924. The van der Waals surface area contributed by atoms with Crippen molar-refractivity contribution in [1.82, 2.24) is 24.9 Å². The van der Waals surface area contributed by atoms with Gasteiger partial charge in [0.1, 0.15) is 0 Å². The van der Waals surface area contributed by atoms with Gasteiger partial charge in [-0.2, -0.15) is 0 Å². The van der Waals surface area contributed by atoms with Crippen molar-refractivity contribution in [3.63, 3.8) is 0 Å². The molecule has 32 heavy (non-hydrogen) atoms. The van der Waals surface area contributed by atoms with Crippen molar-refractivity contribution < 1.29 is 4.79 Å². The van der Waals surface area contributed by atoms with Gasteiger partial charge in [-0.1, -0.05) is 68.4 Å². The summed E-state index contributed by atoms with van der Waals surface area (Å²) in [5, 5.41) is 12.7. The third-order valence-corrected chi connectivity index (χ3v) is 5.60. The number of hydrogen-bond acceptors (Lipinski definition) is 4. The molecular formula is C26H23N5O. The fourth-order valence-electron chi connectivity index (χ4n) is 3.94. The molecule has 0 aliphatic carbocycles. The van der Waals surface area contributed by atoms with Crippen LogP contribution < -0.4 is 5.32 Å². The maximum Gasteiger partial charge on any atom is 0.252 e. The van der Waals surface area contributed by atoms with E-state index in [-0.39, 0.29) is 17.9 Å². The van der Waals surface area contributed by atoms with Crippen molar-refractivity contribution >= 4 is 22.5 Å². The molecule has 2 aromatic carbocycles. The standard InChI is InChI=1S/C26H23N5O/c1-17(2)24(25-30-29-23-14-8-9-15-31(23)25)28-26(32)20-16-22(18-10-4-3-5-11-18)27-21-13-7-6-12-19(20)21/h3-17,24H,1-2H3,(H,28,32)/t24-/m1/s1. The topological polar surface area (TPSA) is 72.2 Å². The normalized spacial score (nSPS) is 12.3. The maximum absolute atomic E-state index is 13.6. The van der Waals surface area contributed by atoms with Gasteiger partial charge in [0.2, 0.25) is 0 Å². The number of amides is 1. The minimum Gasteiger partial charge on any atom is -0.342 e. The number of rotatable bonds is 5. The van der Waals surface area contributed by atoms with Crippen LogP contribution in [0, 0.1) is 5.92 Å². The molecule has 0 saturated heterocycles. The summed E-state index contributed by atoms with van der Waals surface area (Å²) in [6.45, 7) is 4.13. The fraction of sp³-hybridized carbons (Fsp3) is 0.154. The van der Waals surface area contributed by atoms with Gasteiger partial charge in [0.05, 0.1) is 22.8 Å². The molecule has 6 nitrogen and oxygen atoms in total. The molecule has 158 valence electrons. The van der Waals surface area contributed by atoms with Crippen LogP contribution in [0.5, 0.6) is 0 Å². The number of hydrogen-bond donors (Lipinski definition) is 1. The molecule has 0 radical (unpaired) electrons. The van der Waals surface area contributed by atoms with Gasteiger partial charge in [0, 0.05) is 17.1 Å². The first-order valence-corrected chi connectivity index (χ1v) is 10.7. The smallest absolute Gasteiger partial charge is 0.252 e. The first-order chi connectivity index (χ1) is 15.6. The van der Waals surface area contributed by atoms with Gasteiger partial charge in [-0.15, -0.1) is 10.2 Å². The van der Waals surface area contributed by atoms with Crippen LogP contribution in [0.3, 0.4) is 0 Å². The van der Waals surface area contributed by atoms with E-state index >= 15 is 0 Å². The van der Waals surface area contributed by atoms with Gasteiger partial charge in [-0.25, -0.2) is 4.98 Å². The third-order valence-electron chi connectivity index (χ3n) is 5.60. The van der Waals surface area contributed by atoms with E-state index in [9.17, 15) is 4.79 Å². The summed E-state index contributed by atoms with van der Waals surface area (Å²) in [6, 6.07) is 25.0. The second kappa shape index (κ2) is 8.23. The summed E-state index contributed by atoms with van der Waals surface area (Å²) in [5.74, 6) is 0.672. The number of benzene rings is 2. The highest BCUT2D eigenvalue weighted by Crippen LogP contribution is 2.27. The van der Waals surface area contributed by atoms with Crippen molar-refractivity contribution in [2.45, 2.75) is 19.9 Å². The van der Waals surface area contributed by atoms with E-state index in [1.54, 1.807) is 0 Å². The molecule has 5 rings (SSSR count). The van der Waals surface area contributed by atoms with E-state index in [2.05, 4.69) is 29.4 Å².